The Morgan fingerprint density at radius 2 is 2.05 bits per heavy atom. The molecule has 0 aliphatic carbocycles. The summed E-state index contributed by atoms with van der Waals surface area (Å²) in [6.07, 6.45) is 9.51. The molecule has 1 aromatic heterocycles. The molecular weight excluding hydrogens is 238 g/mol. The Bertz CT molecular complexity index is 370. The molecule has 0 saturated heterocycles. The van der Waals surface area contributed by atoms with Gasteiger partial charge in [0.2, 0.25) is 0 Å². The first-order valence-corrected chi connectivity index (χ1v) is 7.24. The van der Waals surface area contributed by atoms with Crippen molar-refractivity contribution in [3.05, 3.63) is 18.0 Å². The summed E-state index contributed by atoms with van der Waals surface area (Å²) >= 11 is 0. The van der Waals surface area contributed by atoms with Gasteiger partial charge in [0.25, 0.3) is 0 Å². The van der Waals surface area contributed by atoms with E-state index in [1.165, 1.54) is 32.1 Å². The van der Waals surface area contributed by atoms with Crippen LogP contribution >= 0.6 is 0 Å². The molecule has 0 saturated carbocycles. The van der Waals surface area contributed by atoms with Crippen molar-refractivity contribution in [2.24, 2.45) is 17.8 Å². The maximum atomic E-state index is 5.81. The molecule has 1 heterocycles. The maximum absolute atomic E-state index is 5.81. The van der Waals surface area contributed by atoms with E-state index in [2.05, 4.69) is 22.3 Å². The van der Waals surface area contributed by atoms with Gasteiger partial charge in [0.15, 0.2) is 5.96 Å². The van der Waals surface area contributed by atoms with E-state index in [9.17, 15) is 0 Å². The molecule has 108 valence electrons. The van der Waals surface area contributed by atoms with Crippen LogP contribution in [0.1, 0.15) is 51.1 Å². The lowest BCUT2D eigenvalue weighted by molar-refractivity contribution is 0.601. The standard InChI is InChI=1S/C14H27N5/c1-3-4-5-6-7-8-10-16-14(15)17-12-13-9-11-18-19(13)2/h9,11H,3-8,10,12H2,1-2H3,(H3,15,16,17). The number of nitrogens with two attached hydrogens (primary N) is 1. The van der Waals surface area contributed by atoms with Gasteiger partial charge in [-0.3, -0.25) is 4.68 Å². The zero-order valence-corrected chi connectivity index (χ0v) is 12.2. The highest BCUT2D eigenvalue weighted by Crippen LogP contribution is 2.04. The lowest BCUT2D eigenvalue weighted by Crippen LogP contribution is -2.32. The van der Waals surface area contributed by atoms with Crippen LogP contribution in [0.3, 0.4) is 0 Å². The molecular formula is C14H27N5. The monoisotopic (exact) mass is 265 g/mol. The average molecular weight is 265 g/mol. The van der Waals surface area contributed by atoms with Gasteiger partial charge < -0.3 is 11.1 Å². The SMILES string of the molecule is CCCCCCCCNC(N)=NCc1ccnn1C. The Balaban J connectivity index is 2.07. The van der Waals surface area contributed by atoms with Gasteiger partial charge >= 0.3 is 0 Å². The Morgan fingerprint density at radius 1 is 1.32 bits per heavy atom. The third-order valence-electron chi connectivity index (χ3n) is 3.17. The van der Waals surface area contributed by atoms with E-state index < -0.39 is 0 Å². The van der Waals surface area contributed by atoms with E-state index in [1.807, 2.05) is 17.8 Å². The minimum atomic E-state index is 0.523. The Labute approximate surface area is 116 Å². The van der Waals surface area contributed by atoms with E-state index in [4.69, 9.17) is 5.73 Å². The molecule has 1 aromatic rings. The first kappa shape index (κ1) is 15.5. The second-order valence-electron chi connectivity index (χ2n) is 4.84. The van der Waals surface area contributed by atoms with Crippen LogP contribution in [0.15, 0.2) is 17.3 Å². The molecule has 0 fully saturated rings. The van der Waals surface area contributed by atoms with E-state index in [-0.39, 0.29) is 0 Å². The molecule has 0 bridgehead atoms. The highest BCUT2D eigenvalue weighted by atomic mass is 15.3. The Kier molecular flexibility index (Phi) is 7.70. The predicted molar refractivity (Wildman–Crippen MR) is 79.9 cm³/mol. The number of hydrogen-bond acceptors (Lipinski definition) is 2. The molecule has 19 heavy (non-hydrogen) atoms. The van der Waals surface area contributed by atoms with Crippen LogP contribution in [-0.2, 0) is 13.6 Å². The number of guanidine groups is 1. The summed E-state index contributed by atoms with van der Waals surface area (Å²) in [7, 11) is 1.91. The topological polar surface area (TPSA) is 68.2 Å². The van der Waals surface area contributed by atoms with Gasteiger partial charge in [-0.15, -0.1) is 0 Å². The Morgan fingerprint density at radius 3 is 2.74 bits per heavy atom. The fraction of sp³-hybridized carbons (Fsp3) is 0.714. The number of nitrogens with zero attached hydrogens (tertiary/aromatic N) is 3. The van der Waals surface area contributed by atoms with Crippen molar-refractivity contribution in [2.45, 2.75) is 52.0 Å². The van der Waals surface area contributed by atoms with Crippen molar-refractivity contribution >= 4 is 5.96 Å². The number of aryl methyl sites for hydroxylation is 1. The lowest BCUT2D eigenvalue weighted by atomic mass is 10.1. The fourth-order valence-electron chi connectivity index (χ4n) is 1.90. The number of aliphatic imine (C=N–C) groups is 1. The minimum absolute atomic E-state index is 0.523. The van der Waals surface area contributed by atoms with Crippen LogP contribution in [0.4, 0.5) is 0 Å². The number of nitrogens with one attached hydrogen (secondary N) is 1. The van der Waals surface area contributed by atoms with Gasteiger partial charge in [-0.05, 0) is 12.5 Å². The summed E-state index contributed by atoms with van der Waals surface area (Å²) in [4.78, 5) is 4.30. The zero-order chi connectivity index (χ0) is 13.9. The third kappa shape index (κ3) is 6.84. The molecule has 0 aliphatic rings. The summed E-state index contributed by atoms with van der Waals surface area (Å²) in [6, 6.07) is 1.95. The van der Waals surface area contributed by atoms with Gasteiger partial charge in [0, 0.05) is 19.8 Å². The smallest absolute Gasteiger partial charge is 0.188 e. The maximum Gasteiger partial charge on any atom is 0.188 e. The van der Waals surface area contributed by atoms with Crippen molar-refractivity contribution in [2.75, 3.05) is 6.54 Å². The normalized spacial score (nSPS) is 11.8. The van der Waals surface area contributed by atoms with Crippen molar-refractivity contribution in [1.82, 2.24) is 15.1 Å². The largest absolute Gasteiger partial charge is 0.370 e. The lowest BCUT2D eigenvalue weighted by Gasteiger charge is -2.05. The molecule has 5 nitrogen and oxygen atoms in total. The van der Waals surface area contributed by atoms with Crippen molar-refractivity contribution < 1.29 is 0 Å². The Hall–Kier alpha value is -1.52. The first-order valence-electron chi connectivity index (χ1n) is 7.24. The van der Waals surface area contributed by atoms with Gasteiger partial charge in [-0.2, -0.15) is 5.10 Å². The number of rotatable bonds is 9. The molecule has 0 aromatic carbocycles. The number of hydrogen-bond donors (Lipinski definition) is 2. The van der Waals surface area contributed by atoms with E-state index >= 15 is 0 Å². The second-order valence-corrected chi connectivity index (χ2v) is 4.84. The van der Waals surface area contributed by atoms with Crippen LogP contribution in [0.25, 0.3) is 0 Å². The van der Waals surface area contributed by atoms with Crippen molar-refractivity contribution in [3.63, 3.8) is 0 Å². The molecule has 0 atom stereocenters. The van der Waals surface area contributed by atoms with Gasteiger partial charge in [-0.25, -0.2) is 4.99 Å². The average Bonchev–Trinajstić information content (AvgIpc) is 2.81. The van der Waals surface area contributed by atoms with E-state index in [0.29, 0.717) is 12.5 Å². The summed E-state index contributed by atoms with van der Waals surface area (Å²) in [5, 5.41) is 7.25. The molecule has 0 spiro atoms. The summed E-state index contributed by atoms with van der Waals surface area (Å²) in [5.41, 5.74) is 6.87. The van der Waals surface area contributed by atoms with E-state index in [1.54, 1.807) is 6.20 Å². The van der Waals surface area contributed by atoms with Crippen LogP contribution in [0.5, 0.6) is 0 Å². The summed E-state index contributed by atoms with van der Waals surface area (Å²) in [6.45, 7) is 3.72. The molecule has 0 unspecified atom stereocenters. The van der Waals surface area contributed by atoms with E-state index in [0.717, 1.165) is 18.7 Å². The second kappa shape index (κ2) is 9.42. The quantitative estimate of drug-likeness (QED) is 0.408. The van der Waals surface area contributed by atoms with Crippen LogP contribution < -0.4 is 11.1 Å². The first-order chi connectivity index (χ1) is 9.24. The molecule has 0 aliphatic heterocycles. The third-order valence-corrected chi connectivity index (χ3v) is 3.17. The van der Waals surface area contributed by atoms with Gasteiger partial charge in [-0.1, -0.05) is 39.0 Å². The minimum Gasteiger partial charge on any atom is -0.370 e. The molecule has 3 N–H and O–H groups in total. The predicted octanol–water partition coefficient (Wildman–Crippen LogP) is 2.18. The van der Waals surface area contributed by atoms with Gasteiger partial charge in [0.1, 0.15) is 0 Å². The van der Waals surface area contributed by atoms with Crippen molar-refractivity contribution in [1.29, 1.82) is 0 Å². The molecule has 0 amide bonds. The number of aromatic nitrogens is 2. The van der Waals surface area contributed by atoms with Crippen molar-refractivity contribution in [3.8, 4) is 0 Å². The zero-order valence-electron chi connectivity index (χ0n) is 12.2. The van der Waals surface area contributed by atoms with Gasteiger partial charge in [0.05, 0.1) is 12.2 Å². The highest BCUT2D eigenvalue weighted by molar-refractivity contribution is 5.77. The van der Waals surface area contributed by atoms with Crippen LogP contribution in [0, 0.1) is 0 Å². The van der Waals surface area contributed by atoms with Crippen LogP contribution in [-0.4, -0.2) is 22.3 Å². The summed E-state index contributed by atoms with van der Waals surface area (Å²) < 4.78 is 1.81. The molecule has 1 rings (SSSR count). The number of unbranched alkanes of at least 4 members (excludes halogenated alkanes) is 5. The summed E-state index contributed by atoms with van der Waals surface area (Å²) in [5.74, 6) is 0.523. The van der Waals surface area contributed by atoms with Crippen LogP contribution in [0.2, 0.25) is 0 Å². The molecule has 0 radical (unpaired) electrons. The fourth-order valence-corrected chi connectivity index (χ4v) is 1.90. The highest BCUT2D eigenvalue weighted by Gasteiger charge is 1.97. The molecule has 5 heteroatoms.